The van der Waals surface area contributed by atoms with Gasteiger partial charge in [0.25, 0.3) is 0 Å². The van der Waals surface area contributed by atoms with Crippen LogP contribution in [0.4, 0.5) is 0 Å². The fourth-order valence-electron chi connectivity index (χ4n) is 3.18. The molecule has 5 heterocycles. The number of rotatable bonds is 6. The Kier molecular flexibility index (Phi) is 3.24. The smallest absolute Gasteiger partial charge is 0.371 e. The van der Waals surface area contributed by atoms with Crippen LogP contribution in [0.3, 0.4) is 0 Å². The molecular formula is C15H15N5O6. The molecule has 0 radical (unpaired) electrons. The van der Waals surface area contributed by atoms with Gasteiger partial charge < -0.3 is 14.2 Å². The largest absolute Gasteiger partial charge is 0.401 e. The summed E-state index contributed by atoms with van der Waals surface area (Å²) in [6.45, 7) is 9.38. The van der Waals surface area contributed by atoms with Crippen LogP contribution in [0.2, 0.25) is 0 Å². The number of fused-ring (bicyclic) bond motifs is 1. The Bertz CT molecular complexity index is 1120. The first-order chi connectivity index (χ1) is 12.6. The third kappa shape index (κ3) is 2.42. The van der Waals surface area contributed by atoms with Gasteiger partial charge in [-0.1, -0.05) is 0 Å². The van der Waals surface area contributed by atoms with E-state index in [-0.39, 0.29) is 49.1 Å². The first-order valence-corrected chi connectivity index (χ1v) is 8.30. The van der Waals surface area contributed by atoms with Gasteiger partial charge in [-0.25, -0.2) is 9.59 Å². The van der Waals surface area contributed by atoms with Crippen LogP contribution in [0.5, 0.6) is 0 Å². The van der Waals surface area contributed by atoms with E-state index in [0.717, 1.165) is 0 Å². The van der Waals surface area contributed by atoms with Gasteiger partial charge in [0, 0.05) is 0 Å². The molecule has 0 saturated carbocycles. The Hall–Kier alpha value is -2.68. The van der Waals surface area contributed by atoms with Crippen molar-refractivity contribution < 1.29 is 14.2 Å². The monoisotopic (exact) mass is 361 g/mol. The quantitative estimate of drug-likeness (QED) is 0.435. The normalized spacial score (nSPS) is 26.0. The highest BCUT2D eigenvalue weighted by Crippen LogP contribution is 2.19. The molecule has 3 aliphatic heterocycles. The Morgan fingerprint density at radius 1 is 0.846 bits per heavy atom. The molecular weight excluding hydrogens is 346 g/mol. The SMILES string of the molecule is [C-]#[N+]n1c(=O)c2c(n(CC3CO3)c1=O)n(CC1CO1)c(=O)n2CC1CO1. The standard InChI is InChI=1S/C15H15N5O6/c1-16-20-13(21)11-12(19(15(20)23)4-10-7-26-10)18(3-9-6-25-9)14(22)17(11)2-8-5-24-8/h8-10H,2-7H2. The topological polar surface area (TPSA) is 113 Å². The predicted octanol–water partition coefficient (Wildman–Crippen LogP) is -1.99. The van der Waals surface area contributed by atoms with Crippen LogP contribution < -0.4 is 16.9 Å². The van der Waals surface area contributed by atoms with E-state index in [1.807, 2.05) is 0 Å². The summed E-state index contributed by atoms with van der Waals surface area (Å²) >= 11 is 0. The zero-order valence-electron chi connectivity index (χ0n) is 13.7. The van der Waals surface area contributed by atoms with Crippen LogP contribution in [0.1, 0.15) is 0 Å². The highest BCUT2D eigenvalue weighted by atomic mass is 16.6. The van der Waals surface area contributed by atoms with Crippen molar-refractivity contribution in [2.45, 2.75) is 37.9 Å². The lowest BCUT2D eigenvalue weighted by atomic mass is 10.4. The summed E-state index contributed by atoms with van der Waals surface area (Å²) in [6, 6.07) is 0. The van der Waals surface area contributed by atoms with E-state index in [2.05, 4.69) is 4.95 Å². The van der Waals surface area contributed by atoms with Crippen molar-refractivity contribution in [3.8, 4) is 0 Å². The first kappa shape index (κ1) is 15.6. The average molecular weight is 361 g/mol. The van der Waals surface area contributed by atoms with Gasteiger partial charge in [0.2, 0.25) is 0 Å². The Labute approximate surface area is 145 Å². The molecule has 5 rings (SSSR count). The summed E-state index contributed by atoms with van der Waals surface area (Å²) in [4.78, 5) is 41.5. The van der Waals surface area contributed by atoms with Gasteiger partial charge in [0.05, 0.1) is 62.4 Å². The Balaban J connectivity index is 1.85. The molecule has 0 N–H and O–H groups in total. The maximum atomic E-state index is 13.0. The molecule has 3 saturated heterocycles. The number of ether oxygens (including phenoxy) is 3. The van der Waals surface area contributed by atoms with Gasteiger partial charge in [-0.3, -0.25) is 18.5 Å². The van der Waals surface area contributed by atoms with E-state index < -0.39 is 16.9 Å². The van der Waals surface area contributed by atoms with Crippen LogP contribution in [0.25, 0.3) is 16.1 Å². The summed E-state index contributed by atoms with van der Waals surface area (Å²) in [5.74, 6) is 0. The fourth-order valence-corrected chi connectivity index (χ4v) is 3.18. The summed E-state index contributed by atoms with van der Waals surface area (Å²) < 4.78 is 20.1. The van der Waals surface area contributed by atoms with E-state index in [0.29, 0.717) is 24.5 Å². The number of hydrogen-bond donors (Lipinski definition) is 0. The number of imidazole rings is 1. The molecule has 26 heavy (non-hydrogen) atoms. The zero-order valence-corrected chi connectivity index (χ0v) is 13.7. The van der Waals surface area contributed by atoms with Crippen molar-refractivity contribution in [1.82, 2.24) is 18.4 Å². The molecule has 0 spiro atoms. The molecule has 2 aromatic rings. The lowest BCUT2D eigenvalue weighted by Crippen LogP contribution is -2.39. The molecule has 11 nitrogen and oxygen atoms in total. The zero-order chi connectivity index (χ0) is 18.0. The van der Waals surface area contributed by atoms with Crippen molar-refractivity contribution in [2.75, 3.05) is 19.8 Å². The maximum absolute atomic E-state index is 13.0. The summed E-state index contributed by atoms with van der Waals surface area (Å²) in [5.41, 5.74) is -1.70. The molecule has 136 valence electrons. The van der Waals surface area contributed by atoms with E-state index in [9.17, 15) is 14.4 Å². The van der Waals surface area contributed by atoms with Gasteiger partial charge in [-0.15, -0.1) is 4.95 Å². The van der Waals surface area contributed by atoms with Crippen LogP contribution in [0.15, 0.2) is 14.4 Å². The second-order valence-corrected chi connectivity index (χ2v) is 6.65. The molecule has 3 aliphatic rings. The lowest BCUT2D eigenvalue weighted by Gasteiger charge is -2.08. The van der Waals surface area contributed by atoms with E-state index >= 15 is 0 Å². The number of aromatic nitrogens is 4. The van der Waals surface area contributed by atoms with E-state index in [1.54, 1.807) is 0 Å². The van der Waals surface area contributed by atoms with Gasteiger partial charge in [-0.2, -0.15) is 6.57 Å². The molecule has 11 heteroatoms. The molecule has 3 unspecified atom stereocenters. The first-order valence-electron chi connectivity index (χ1n) is 8.30. The second kappa shape index (κ2) is 5.41. The third-order valence-corrected chi connectivity index (χ3v) is 4.73. The number of hydrogen-bond acceptors (Lipinski definition) is 6. The minimum Gasteiger partial charge on any atom is -0.371 e. The Morgan fingerprint density at radius 3 is 1.77 bits per heavy atom. The van der Waals surface area contributed by atoms with Crippen LogP contribution >= 0.6 is 0 Å². The van der Waals surface area contributed by atoms with Crippen LogP contribution in [-0.4, -0.2) is 56.5 Å². The second-order valence-electron chi connectivity index (χ2n) is 6.65. The molecule has 0 aromatic carbocycles. The highest BCUT2D eigenvalue weighted by molar-refractivity contribution is 5.71. The van der Waals surface area contributed by atoms with Gasteiger partial charge in [0.1, 0.15) is 0 Å². The van der Waals surface area contributed by atoms with E-state index in [1.165, 1.54) is 13.7 Å². The Morgan fingerprint density at radius 2 is 1.31 bits per heavy atom. The summed E-state index contributed by atoms with van der Waals surface area (Å²) in [6.07, 6.45) is -0.423. The predicted molar refractivity (Wildman–Crippen MR) is 85.9 cm³/mol. The van der Waals surface area contributed by atoms with E-state index in [4.69, 9.17) is 20.8 Å². The number of nitrogens with zero attached hydrogens (tertiary/aromatic N) is 5. The number of epoxide rings is 3. The lowest BCUT2D eigenvalue weighted by molar-refractivity contribution is 0.368. The van der Waals surface area contributed by atoms with Gasteiger partial charge >= 0.3 is 16.9 Å². The molecule has 0 bridgehead atoms. The minimum absolute atomic E-state index is 0.0439. The van der Waals surface area contributed by atoms with Crippen LogP contribution in [-0.2, 0) is 33.8 Å². The van der Waals surface area contributed by atoms with Crippen molar-refractivity contribution in [3.05, 3.63) is 42.8 Å². The molecule has 3 fully saturated rings. The molecule has 0 aliphatic carbocycles. The van der Waals surface area contributed by atoms with Crippen molar-refractivity contribution in [1.29, 1.82) is 0 Å². The summed E-state index contributed by atoms with van der Waals surface area (Å²) in [7, 11) is 0. The maximum Gasteiger partial charge on any atom is 0.401 e. The van der Waals surface area contributed by atoms with Gasteiger partial charge in [-0.05, 0) is 0 Å². The molecule has 3 atom stereocenters. The molecule has 2 aromatic heterocycles. The average Bonchev–Trinajstić information content (AvgIpc) is 3.46. The van der Waals surface area contributed by atoms with Gasteiger partial charge in [0.15, 0.2) is 11.2 Å². The van der Waals surface area contributed by atoms with Crippen LogP contribution in [0, 0.1) is 6.57 Å². The molecule has 0 amide bonds. The minimum atomic E-state index is -0.791. The highest BCUT2D eigenvalue weighted by Gasteiger charge is 2.34. The summed E-state index contributed by atoms with van der Waals surface area (Å²) in [5, 5.41) is 0. The van der Waals surface area contributed by atoms with Crippen molar-refractivity contribution in [2.24, 2.45) is 0 Å². The fraction of sp³-hybridized carbons (Fsp3) is 0.600. The third-order valence-electron chi connectivity index (χ3n) is 4.73. The van der Waals surface area contributed by atoms with Crippen molar-refractivity contribution in [3.63, 3.8) is 0 Å². The van der Waals surface area contributed by atoms with Crippen molar-refractivity contribution >= 4 is 11.2 Å².